The number of halogens is 1. The van der Waals surface area contributed by atoms with Crippen LogP contribution in [0.25, 0.3) is 0 Å². The van der Waals surface area contributed by atoms with Crippen molar-refractivity contribution in [2.75, 3.05) is 13.7 Å². The molecule has 2 rings (SSSR count). The zero-order valence-electron chi connectivity index (χ0n) is 15.6. The lowest BCUT2D eigenvalue weighted by atomic mass is 10.1. The quantitative estimate of drug-likeness (QED) is 0.348. The van der Waals surface area contributed by atoms with Crippen molar-refractivity contribution in [1.29, 1.82) is 0 Å². The summed E-state index contributed by atoms with van der Waals surface area (Å²) in [5.74, 6) is 2.80. The van der Waals surface area contributed by atoms with Crippen LogP contribution in [0.5, 0.6) is 11.5 Å². The summed E-state index contributed by atoms with van der Waals surface area (Å²) in [6, 6.07) is 5.90. The number of nitrogens with zero attached hydrogens (tertiary/aromatic N) is 1. The van der Waals surface area contributed by atoms with Gasteiger partial charge in [-0.05, 0) is 50.2 Å². The van der Waals surface area contributed by atoms with Crippen LogP contribution in [0.1, 0.15) is 51.5 Å². The van der Waals surface area contributed by atoms with Gasteiger partial charge < -0.3 is 20.5 Å². The van der Waals surface area contributed by atoms with E-state index < -0.39 is 0 Å². The van der Waals surface area contributed by atoms with Gasteiger partial charge in [-0.1, -0.05) is 13.8 Å². The maximum atomic E-state index is 6.18. The molecule has 1 aliphatic rings. The first-order chi connectivity index (χ1) is 11.6. The van der Waals surface area contributed by atoms with Gasteiger partial charge >= 0.3 is 0 Å². The minimum absolute atomic E-state index is 0. The molecule has 0 atom stereocenters. The molecule has 1 aromatic carbocycles. The maximum Gasteiger partial charge on any atom is 0.188 e. The first kappa shape index (κ1) is 21.9. The van der Waals surface area contributed by atoms with E-state index in [1.165, 1.54) is 12.8 Å². The lowest BCUT2D eigenvalue weighted by Gasteiger charge is -2.17. The van der Waals surface area contributed by atoms with Crippen molar-refractivity contribution in [2.45, 2.75) is 58.6 Å². The minimum atomic E-state index is 0. The lowest BCUT2D eigenvalue weighted by molar-refractivity contribution is 0.207. The van der Waals surface area contributed by atoms with Gasteiger partial charge in [0.25, 0.3) is 0 Å². The Morgan fingerprint density at radius 3 is 2.68 bits per heavy atom. The van der Waals surface area contributed by atoms with Crippen LogP contribution in [0.3, 0.4) is 0 Å². The van der Waals surface area contributed by atoms with E-state index in [0.29, 0.717) is 24.5 Å². The fourth-order valence-corrected chi connectivity index (χ4v) is 2.80. The summed E-state index contributed by atoms with van der Waals surface area (Å²) in [5, 5.41) is 3.16. The standard InChI is InChI=1S/C19H31N3O2.HI/c1-14(2)10-11-21-19(20)22-13-15-8-9-17(23-3)12-18(15)24-16-6-4-5-7-16;/h8-9,12,14,16H,4-7,10-11,13H2,1-3H3,(H3,20,21,22);1H. The number of nitrogens with one attached hydrogen (secondary N) is 1. The summed E-state index contributed by atoms with van der Waals surface area (Å²) < 4.78 is 11.5. The van der Waals surface area contributed by atoms with Gasteiger partial charge in [0.1, 0.15) is 11.5 Å². The molecule has 1 aromatic rings. The molecule has 1 aliphatic carbocycles. The Bertz CT molecular complexity index is 543. The fraction of sp³-hybridized carbons (Fsp3) is 0.632. The Morgan fingerprint density at radius 1 is 1.32 bits per heavy atom. The normalized spacial score (nSPS) is 15.1. The Hall–Kier alpha value is -1.18. The monoisotopic (exact) mass is 461 g/mol. The molecule has 0 amide bonds. The number of benzene rings is 1. The third-order valence-corrected chi connectivity index (χ3v) is 4.32. The number of hydrogen-bond acceptors (Lipinski definition) is 3. The first-order valence-corrected chi connectivity index (χ1v) is 8.96. The highest BCUT2D eigenvalue weighted by atomic mass is 127. The molecule has 142 valence electrons. The number of ether oxygens (including phenoxy) is 2. The zero-order valence-corrected chi connectivity index (χ0v) is 17.9. The second-order valence-corrected chi connectivity index (χ2v) is 6.81. The topological polar surface area (TPSA) is 68.9 Å². The highest BCUT2D eigenvalue weighted by molar-refractivity contribution is 14.0. The van der Waals surface area contributed by atoms with Gasteiger partial charge in [-0.25, -0.2) is 4.99 Å². The van der Waals surface area contributed by atoms with Crippen molar-refractivity contribution < 1.29 is 9.47 Å². The summed E-state index contributed by atoms with van der Waals surface area (Å²) in [6.07, 6.45) is 6.12. The van der Waals surface area contributed by atoms with Crippen LogP contribution < -0.4 is 20.5 Å². The predicted octanol–water partition coefficient (Wildman–Crippen LogP) is 4.09. The number of rotatable bonds is 8. The Kier molecular flexibility index (Phi) is 10.0. The van der Waals surface area contributed by atoms with Crippen molar-refractivity contribution >= 4 is 29.9 Å². The molecule has 1 saturated carbocycles. The van der Waals surface area contributed by atoms with E-state index in [4.69, 9.17) is 15.2 Å². The van der Waals surface area contributed by atoms with Crippen molar-refractivity contribution in [3.63, 3.8) is 0 Å². The summed E-state index contributed by atoms with van der Waals surface area (Å²) in [7, 11) is 1.67. The van der Waals surface area contributed by atoms with E-state index in [9.17, 15) is 0 Å². The van der Waals surface area contributed by atoms with E-state index >= 15 is 0 Å². The molecule has 0 bridgehead atoms. The zero-order chi connectivity index (χ0) is 17.4. The SMILES string of the molecule is COc1ccc(CN=C(N)NCCC(C)C)c(OC2CCCC2)c1.I. The number of methoxy groups -OCH3 is 1. The van der Waals surface area contributed by atoms with Crippen molar-refractivity contribution in [3.05, 3.63) is 23.8 Å². The molecular weight excluding hydrogens is 429 g/mol. The molecule has 0 heterocycles. The molecule has 0 unspecified atom stereocenters. The minimum Gasteiger partial charge on any atom is -0.497 e. The van der Waals surface area contributed by atoms with E-state index in [1.807, 2.05) is 18.2 Å². The van der Waals surface area contributed by atoms with Crippen molar-refractivity contribution in [2.24, 2.45) is 16.6 Å². The van der Waals surface area contributed by atoms with Crippen LogP contribution in [0.4, 0.5) is 0 Å². The molecule has 5 nitrogen and oxygen atoms in total. The summed E-state index contributed by atoms with van der Waals surface area (Å²) >= 11 is 0. The second kappa shape index (κ2) is 11.4. The van der Waals surface area contributed by atoms with Gasteiger partial charge in [-0.2, -0.15) is 0 Å². The summed E-state index contributed by atoms with van der Waals surface area (Å²) in [5.41, 5.74) is 6.99. The van der Waals surface area contributed by atoms with Gasteiger partial charge in [0, 0.05) is 18.2 Å². The molecule has 25 heavy (non-hydrogen) atoms. The van der Waals surface area contributed by atoms with Crippen molar-refractivity contribution in [3.8, 4) is 11.5 Å². The Morgan fingerprint density at radius 2 is 2.04 bits per heavy atom. The van der Waals surface area contributed by atoms with Crippen LogP contribution in [-0.2, 0) is 6.54 Å². The molecule has 0 radical (unpaired) electrons. The molecule has 0 aliphatic heterocycles. The van der Waals surface area contributed by atoms with Crippen LogP contribution in [0, 0.1) is 5.92 Å². The van der Waals surface area contributed by atoms with Crippen molar-refractivity contribution in [1.82, 2.24) is 5.32 Å². The van der Waals surface area contributed by atoms with Crippen LogP contribution >= 0.6 is 24.0 Å². The number of nitrogens with two attached hydrogens (primary N) is 1. The van der Waals surface area contributed by atoms with Crippen LogP contribution in [-0.4, -0.2) is 25.7 Å². The van der Waals surface area contributed by atoms with E-state index in [1.54, 1.807) is 7.11 Å². The molecule has 6 heteroatoms. The fourth-order valence-electron chi connectivity index (χ4n) is 2.80. The summed E-state index contributed by atoms with van der Waals surface area (Å²) in [4.78, 5) is 4.44. The maximum absolute atomic E-state index is 6.18. The lowest BCUT2D eigenvalue weighted by Crippen LogP contribution is -2.32. The third-order valence-electron chi connectivity index (χ3n) is 4.32. The molecule has 3 N–H and O–H groups in total. The number of hydrogen-bond donors (Lipinski definition) is 2. The van der Waals surface area contributed by atoms with Gasteiger partial charge in [0.05, 0.1) is 19.8 Å². The number of aliphatic imine (C=N–C) groups is 1. The number of guanidine groups is 1. The van der Waals surface area contributed by atoms with Gasteiger partial charge in [0.2, 0.25) is 0 Å². The van der Waals surface area contributed by atoms with Crippen LogP contribution in [0.2, 0.25) is 0 Å². The molecule has 1 fully saturated rings. The first-order valence-electron chi connectivity index (χ1n) is 8.96. The Labute approximate surface area is 168 Å². The van der Waals surface area contributed by atoms with Crippen LogP contribution in [0.15, 0.2) is 23.2 Å². The highest BCUT2D eigenvalue weighted by Gasteiger charge is 2.18. The van der Waals surface area contributed by atoms with Gasteiger partial charge in [-0.3, -0.25) is 0 Å². The van der Waals surface area contributed by atoms with Gasteiger partial charge in [-0.15, -0.1) is 24.0 Å². The molecular formula is C19H32IN3O2. The largest absolute Gasteiger partial charge is 0.497 e. The van der Waals surface area contributed by atoms with E-state index in [2.05, 4.69) is 24.2 Å². The smallest absolute Gasteiger partial charge is 0.188 e. The molecule has 0 aromatic heterocycles. The van der Waals surface area contributed by atoms with E-state index in [0.717, 1.165) is 42.9 Å². The Balaban J connectivity index is 0.00000312. The summed E-state index contributed by atoms with van der Waals surface area (Å²) in [6.45, 7) is 5.74. The predicted molar refractivity (Wildman–Crippen MR) is 114 cm³/mol. The molecule has 0 saturated heterocycles. The molecule has 0 spiro atoms. The highest BCUT2D eigenvalue weighted by Crippen LogP contribution is 2.30. The van der Waals surface area contributed by atoms with Gasteiger partial charge in [0.15, 0.2) is 5.96 Å². The third kappa shape index (κ3) is 7.71. The second-order valence-electron chi connectivity index (χ2n) is 6.81. The average molecular weight is 461 g/mol. The van der Waals surface area contributed by atoms with E-state index in [-0.39, 0.29) is 24.0 Å². The average Bonchev–Trinajstić information content (AvgIpc) is 3.06.